The van der Waals surface area contributed by atoms with Gasteiger partial charge in [-0.2, -0.15) is 13.2 Å². The summed E-state index contributed by atoms with van der Waals surface area (Å²) in [6.07, 6.45) is -4.52. The first kappa shape index (κ1) is 30.1. The Kier molecular flexibility index (Phi) is 7.25. The second kappa shape index (κ2) is 11.8. The summed E-state index contributed by atoms with van der Waals surface area (Å²) in [5, 5.41) is 1.04. The number of aromatic nitrogens is 4. The lowest BCUT2D eigenvalue weighted by Gasteiger charge is -2.16. The van der Waals surface area contributed by atoms with Crippen LogP contribution in [0.1, 0.15) is 5.56 Å². The van der Waals surface area contributed by atoms with E-state index in [2.05, 4.69) is 0 Å². The average Bonchev–Trinajstić information content (AvgIpc) is 3.45. The normalized spacial score (nSPS) is 11.8. The highest BCUT2D eigenvalue weighted by molar-refractivity contribution is 6.09. The monoisotopic (exact) mass is 654 g/mol. The van der Waals surface area contributed by atoms with E-state index in [9.17, 15) is 17.6 Å². The Balaban J connectivity index is 1.40. The Morgan fingerprint density at radius 3 is 1.71 bits per heavy atom. The third-order valence-electron chi connectivity index (χ3n) is 8.42. The van der Waals surface area contributed by atoms with Crippen LogP contribution in [0.3, 0.4) is 0 Å². The quantitative estimate of drug-likeness (QED) is 0.174. The van der Waals surface area contributed by atoms with E-state index in [0.717, 1.165) is 29.3 Å². The van der Waals surface area contributed by atoms with E-state index < -0.39 is 23.4 Å². The van der Waals surface area contributed by atoms with Gasteiger partial charge in [0.2, 0.25) is 0 Å². The van der Waals surface area contributed by atoms with Crippen LogP contribution in [0.15, 0.2) is 140 Å². The first-order chi connectivity index (χ1) is 23.7. The zero-order valence-electron chi connectivity index (χ0n) is 25.5. The predicted molar refractivity (Wildman–Crippen MR) is 181 cm³/mol. The van der Waals surface area contributed by atoms with Crippen molar-refractivity contribution in [1.29, 1.82) is 0 Å². The largest absolute Gasteiger partial charge is 0.416 e. The number of fused-ring (bicyclic) bond motifs is 3. The fraction of sp³-hybridized carbons (Fsp3) is 0.0250. The van der Waals surface area contributed by atoms with Crippen LogP contribution in [-0.4, -0.2) is 19.5 Å². The average molecular weight is 655 g/mol. The van der Waals surface area contributed by atoms with Gasteiger partial charge in [0.05, 0.1) is 16.6 Å². The molecule has 2 heterocycles. The molecule has 49 heavy (non-hydrogen) atoms. The van der Waals surface area contributed by atoms with Crippen molar-refractivity contribution in [2.75, 3.05) is 0 Å². The topological polar surface area (TPSA) is 43.6 Å². The molecule has 9 heteroatoms. The zero-order chi connectivity index (χ0) is 33.7. The van der Waals surface area contributed by atoms with Crippen LogP contribution >= 0.6 is 0 Å². The highest BCUT2D eigenvalue weighted by Crippen LogP contribution is 2.40. The molecule has 0 aliphatic heterocycles. The van der Waals surface area contributed by atoms with Crippen LogP contribution in [0, 0.1) is 11.6 Å². The fourth-order valence-corrected chi connectivity index (χ4v) is 6.15. The van der Waals surface area contributed by atoms with Gasteiger partial charge in [-0.15, -0.1) is 0 Å². The van der Waals surface area contributed by atoms with Crippen LogP contribution in [-0.2, 0) is 6.18 Å². The highest BCUT2D eigenvalue weighted by atomic mass is 19.4. The number of hydrogen-bond acceptors (Lipinski definition) is 3. The molecule has 0 fully saturated rings. The lowest BCUT2D eigenvalue weighted by atomic mass is 9.97. The van der Waals surface area contributed by atoms with Crippen molar-refractivity contribution in [2.45, 2.75) is 6.18 Å². The Bertz CT molecular complexity index is 2450. The van der Waals surface area contributed by atoms with Crippen molar-refractivity contribution >= 4 is 21.8 Å². The van der Waals surface area contributed by atoms with Gasteiger partial charge in [0.15, 0.2) is 17.5 Å². The minimum atomic E-state index is -4.52. The van der Waals surface area contributed by atoms with Gasteiger partial charge in [-0.25, -0.2) is 23.7 Å². The van der Waals surface area contributed by atoms with Crippen LogP contribution in [0.4, 0.5) is 22.0 Å². The summed E-state index contributed by atoms with van der Waals surface area (Å²) < 4.78 is 72.9. The maximum atomic E-state index is 15.7. The second-order valence-electron chi connectivity index (χ2n) is 11.5. The molecular formula is C40H23F5N4. The smallest absolute Gasteiger partial charge is 0.309 e. The van der Waals surface area contributed by atoms with Crippen molar-refractivity contribution in [3.8, 4) is 51.0 Å². The standard InChI is InChI=1S/C40H23F5N4/c41-27-16-18-29(34(42)22-27)32-23-28(49-35-14-8-7-13-30(35)33-21-26(40(43,44)45)15-20-36(33)49)17-19-31(32)39-47-37(24-9-3-1-4-10-24)46-38(48-39)25-11-5-2-6-12-25/h1-23H. The van der Waals surface area contributed by atoms with Gasteiger partial charge in [-0.05, 0) is 60.2 Å². The first-order valence-electron chi connectivity index (χ1n) is 15.3. The minimum Gasteiger partial charge on any atom is -0.309 e. The van der Waals surface area contributed by atoms with E-state index in [1.54, 1.807) is 36.4 Å². The van der Waals surface area contributed by atoms with Crippen molar-refractivity contribution in [3.05, 3.63) is 157 Å². The molecule has 0 unspecified atom stereocenters. The zero-order valence-corrected chi connectivity index (χ0v) is 25.5. The van der Waals surface area contributed by atoms with Crippen molar-refractivity contribution in [1.82, 2.24) is 19.5 Å². The predicted octanol–water partition coefficient (Wildman–Crippen LogP) is 10.9. The van der Waals surface area contributed by atoms with Gasteiger partial charge in [-0.1, -0.05) is 78.9 Å². The molecular weight excluding hydrogens is 631 g/mol. The lowest BCUT2D eigenvalue weighted by Crippen LogP contribution is -2.04. The highest BCUT2D eigenvalue weighted by Gasteiger charge is 2.31. The molecule has 0 spiro atoms. The summed E-state index contributed by atoms with van der Waals surface area (Å²) in [5.41, 5.74) is 3.39. The maximum Gasteiger partial charge on any atom is 0.416 e. The fourth-order valence-electron chi connectivity index (χ4n) is 6.15. The van der Waals surface area contributed by atoms with Crippen LogP contribution < -0.4 is 0 Å². The summed E-state index contributed by atoms with van der Waals surface area (Å²) in [6.45, 7) is 0. The molecule has 238 valence electrons. The molecule has 0 atom stereocenters. The van der Waals surface area contributed by atoms with Gasteiger partial charge in [0.25, 0.3) is 0 Å². The first-order valence-corrected chi connectivity index (χ1v) is 15.3. The summed E-state index contributed by atoms with van der Waals surface area (Å²) in [5.74, 6) is -0.463. The van der Waals surface area contributed by atoms with Crippen molar-refractivity contribution < 1.29 is 22.0 Å². The number of hydrogen-bond donors (Lipinski definition) is 0. The molecule has 0 radical (unpaired) electrons. The summed E-state index contributed by atoms with van der Waals surface area (Å²) in [4.78, 5) is 14.4. The number of benzene rings is 6. The van der Waals surface area contributed by atoms with Gasteiger partial charge in [-0.3, -0.25) is 0 Å². The van der Waals surface area contributed by atoms with E-state index in [4.69, 9.17) is 15.0 Å². The van der Waals surface area contributed by atoms with Gasteiger partial charge in [0, 0.05) is 44.8 Å². The molecule has 6 aromatic carbocycles. The van der Waals surface area contributed by atoms with Crippen LogP contribution in [0.25, 0.3) is 72.8 Å². The van der Waals surface area contributed by atoms with Crippen LogP contribution in [0.5, 0.6) is 0 Å². The number of nitrogens with zero attached hydrogens (tertiary/aromatic N) is 4. The van der Waals surface area contributed by atoms with E-state index in [-0.39, 0.29) is 11.4 Å². The molecule has 0 saturated heterocycles. The summed E-state index contributed by atoms with van der Waals surface area (Å²) >= 11 is 0. The van der Waals surface area contributed by atoms with E-state index in [1.807, 2.05) is 71.3 Å². The molecule has 4 nitrogen and oxygen atoms in total. The Hall–Kier alpha value is -6.22. The molecule has 0 aliphatic rings. The number of para-hydroxylation sites is 1. The number of rotatable bonds is 5. The number of halogens is 5. The molecule has 8 rings (SSSR count). The Morgan fingerprint density at radius 1 is 0.469 bits per heavy atom. The molecule has 0 saturated carbocycles. The van der Waals surface area contributed by atoms with E-state index in [1.165, 1.54) is 18.2 Å². The molecule has 0 N–H and O–H groups in total. The van der Waals surface area contributed by atoms with Crippen molar-refractivity contribution in [3.63, 3.8) is 0 Å². The van der Waals surface area contributed by atoms with E-state index in [0.29, 0.717) is 50.3 Å². The molecule has 2 aromatic heterocycles. The summed E-state index contributed by atoms with van der Waals surface area (Å²) in [7, 11) is 0. The van der Waals surface area contributed by atoms with Crippen LogP contribution in [0.2, 0.25) is 0 Å². The van der Waals surface area contributed by atoms with Crippen molar-refractivity contribution in [2.24, 2.45) is 0 Å². The minimum absolute atomic E-state index is 0.0984. The third kappa shape index (κ3) is 5.49. The number of alkyl halides is 3. The Morgan fingerprint density at radius 2 is 1.06 bits per heavy atom. The second-order valence-corrected chi connectivity index (χ2v) is 11.5. The molecule has 8 aromatic rings. The molecule has 0 amide bonds. The Labute approximate surface area is 276 Å². The third-order valence-corrected chi connectivity index (χ3v) is 8.42. The molecule has 0 bridgehead atoms. The lowest BCUT2D eigenvalue weighted by molar-refractivity contribution is -0.137. The summed E-state index contributed by atoms with van der Waals surface area (Å²) in [6, 6.07) is 38.2. The van der Waals surface area contributed by atoms with E-state index >= 15 is 4.39 Å². The SMILES string of the molecule is Fc1ccc(-c2cc(-n3c4ccccc4c4cc(C(F)(F)F)ccc43)ccc2-c2nc(-c3ccccc3)nc(-c3ccccc3)n2)c(F)c1. The molecule has 0 aliphatic carbocycles. The van der Waals surface area contributed by atoms with Gasteiger partial charge < -0.3 is 4.57 Å². The van der Waals surface area contributed by atoms with Gasteiger partial charge in [0.1, 0.15) is 11.6 Å². The maximum absolute atomic E-state index is 15.7. The van der Waals surface area contributed by atoms with Gasteiger partial charge >= 0.3 is 6.18 Å².